The van der Waals surface area contributed by atoms with E-state index >= 15 is 0 Å². The van der Waals surface area contributed by atoms with Crippen LogP contribution >= 0.6 is 0 Å². The number of aryl methyl sites for hydroxylation is 1. The number of aromatic nitrogens is 1. The largest absolute Gasteiger partial charge is 0.332 e. The summed E-state index contributed by atoms with van der Waals surface area (Å²) in [6, 6.07) is 1.81. The number of carbonyl (C=O) groups excluding carboxylic acids is 1. The fourth-order valence-electron chi connectivity index (χ4n) is 3.69. The number of hydrogen-bond acceptors (Lipinski definition) is 2. The standard InChI is InChI=1S/C16H20F2N2O/c1-10-6-11(9-19-8-10)13-5-4-12-7-15(2,16(3,17)18)14(21)20(12)13/h6,8-9,12-13H,4-5,7H2,1-3H3/t12-,13+,15-/m1/s1. The van der Waals surface area contributed by atoms with Crippen LogP contribution in [0.5, 0.6) is 0 Å². The van der Waals surface area contributed by atoms with Gasteiger partial charge < -0.3 is 4.90 Å². The van der Waals surface area contributed by atoms with Gasteiger partial charge in [0.05, 0.1) is 6.04 Å². The molecule has 1 amide bonds. The molecule has 2 fully saturated rings. The van der Waals surface area contributed by atoms with E-state index in [2.05, 4.69) is 4.98 Å². The maximum atomic E-state index is 13.9. The molecule has 2 aliphatic rings. The van der Waals surface area contributed by atoms with Crippen molar-refractivity contribution in [3.63, 3.8) is 0 Å². The summed E-state index contributed by atoms with van der Waals surface area (Å²) >= 11 is 0. The molecule has 0 aromatic carbocycles. The van der Waals surface area contributed by atoms with E-state index in [4.69, 9.17) is 0 Å². The highest BCUT2D eigenvalue weighted by molar-refractivity contribution is 5.87. The van der Waals surface area contributed by atoms with E-state index in [0.717, 1.165) is 30.9 Å². The summed E-state index contributed by atoms with van der Waals surface area (Å²) in [6.45, 7) is 4.20. The van der Waals surface area contributed by atoms with Crippen molar-refractivity contribution in [2.45, 2.75) is 58.0 Å². The molecule has 1 aromatic heterocycles. The lowest BCUT2D eigenvalue weighted by Gasteiger charge is -2.31. The second-order valence-electron chi connectivity index (χ2n) is 6.68. The van der Waals surface area contributed by atoms with Gasteiger partial charge in [-0.3, -0.25) is 9.78 Å². The Bertz CT molecular complexity index is 584. The first-order valence-corrected chi connectivity index (χ1v) is 7.36. The average molecular weight is 294 g/mol. The van der Waals surface area contributed by atoms with Crippen LogP contribution in [0.3, 0.4) is 0 Å². The van der Waals surface area contributed by atoms with Crippen LogP contribution in [0, 0.1) is 12.3 Å². The van der Waals surface area contributed by atoms with E-state index in [-0.39, 0.29) is 18.5 Å². The Morgan fingerprint density at radius 2 is 2.10 bits per heavy atom. The summed E-state index contributed by atoms with van der Waals surface area (Å²) in [4.78, 5) is 18.5. The van der Waals surface area contributed by atoms with Gasteiger partial charge in [-0.15, -0.1) is 0 Å². The summed E-state index contributed by atoms with van der Waals surface area (Å²) in [5.41, 5.74) is 0.397. The molecule has 3 atom stereocenters. The first-order valence-electron chi connectivity index (χ1n) is 7.36. The Morgan fingerprint density at radius 1 is 1.38 bits per heavy atom. The number of halogens is 2. The number of carbonyl (C=O) groups is 1. The predicted octanol–water partition coefficient (Wildman–Crippen LogP) is 3.49. The zero-order valence-electron chi connectivity index (χ0n) is 12.6. The molecule has 3 heterocycles. The SMILES string of the molecule is Cc1cncc([C@@H]2CC[C@@H]3C[C@@](C)(C(C)(F)F)C(=O)N32)c1. The van der Waals surface area contributed by atoms with Crippen molar-refractivity contribution in [1.29, 1.82) is 0 Å². The highest BCUT2D eigenvalue weighted by Gasteiger charge is 2.62. The minimum Gasteiger partial charge on any atom is -0.332 e. The van der Waals surface area contributed by atoms with Gasteiger partial charge in [-0.1, -0.05) is 6.07 Å². The van der Waals surface area contributed by atoms with Crippen LogP contribution in [-0.4, -0.2) is 27.8 Å². The van der Waals surface area contributed by atoms with E-state index in [1.165, 1.54) is 6.92 Å². The van der Waals surface area contributed by atoms with Gasteiger partial charge in [0, 0.05) is 25.4 Å². The van der Waals surface area contributed by atoms with E-state index in [1.54, 1.807) is 17.3 Å². The average Bonchev–Trinajstić information content (AvgIpc) is 2.89. The van der Waals surface area contributed by atoms with Crippen LogP contribution in [0.4, 0.5) is 8.78 Å². The topological polar surface area (TPSA) is 33.2 Å². The minimum absolute atomic E-state index is 0.0705. The fourth-order valence-corrected chi connectivity index (χ4v) is 3.69. The molecular weight excluding hydrogens is 274 g/mol. The molecule has 0 unspecified atom stereocenters. The Balaban J connectivity index is 1.95. The lowest BCUT2D eigenvalue weighted by Crippen LogP contribution is -2.44. The molecule has 21 heavy (non-hydrogen) atoms. The molecule has 1 aromatic rings. The number of fused-ring (bicyclic) bond motifs is 1. The number of alkyl halides is 2. The Kier molecular flexibility index (Phi) is 3.08. The molecule has 0 radical (unpaired) electrons. The second kappa shape index (κ2) is 4.49. The summed E-state index contributed by atoms with van der Waals surface area (Å²) < 4.78 is 27.8. The molecule has 0 spiro atoms. The van der Waals surface area contributed by atoms with Gasteiger partial charge in [-0.05, 0) is 44.2 Å². The number of amides is 1. The van der Waals surface area contributed by atoms with E-state index in [1.807, 2.05) is 13.0 Å². The molecule has 2 aliphatic heterocycles. The maximum absolute atomic E-state index is 13.9. The second-order valence-corrected chi connectivity index (χ2v) is 6.68. The van der Waals surface area contributed by atoms with Crippen LogP contribution in [0.25, 0.3) is 0 Å². The Hall–Kier alpha value is -1.52. The van der Waals surface area contributed by atoms with Gasteiger partial charge >= 0.3 is 0 Å². The summed E-state index contributed by atoms with van der Waals surface area (Å²) in [7, 11) is 0. The number of rotatable bonds is 2. The summed E-state index contributed by atoms with van der Waals surface area (Å²) in [5.74, 6) is -3.41. The smallest absolute Gasteiger partial charge is 0.259 e. The molecule has 0 saturated carbocycles. The number of pyridine rings is 1. The molecule has 5 heteroatoms. The normalized spacial score (nSPS) is 32.6. The third kappa shape index (κ3) is 2.05. The molecule has 2 saturated heterocycles. The van der Waals surface area contributed by atoms with E-state index in [9.17, 15) is 13.6 Å². The highest BCUT2D eigenvalue weighted by atomic mass is 19.3. The van der Waals surface area contributed by atoms with Crippen molar-refractivity contribution >= 4 is 5.91 Å². The number of nitrogens with zero attached hydrogens (tertiary/aromatic N) is 2. The monoisotopic (exact) mass is 294 g/mol. The van der Waals surface area contributed by atoms with Crippen LogP contribution in [-0.2, 0) is 4.79 Å². The van der Waals surface area contributed by atoms with E-state index in [0.29, 0.717) is 0 Å². The van der Waals surface area contributed by atoms with E-state index < -0.39 is 17.2 Å². The van der Waals surface area contributed by atoms with Crippen LogP contribution in [0.1, 0.15) is 50.3 Å². The molecule has 0 N–H and O–H groups in total. The third-order valence-corrected chi connectivity index (χ3v) is 5.10. The summed E-state index contributed by atoms with van der Waals surface area (Å²) in [6.07, 6.45) is 5.35. The zero-order chi connectivity index (χ0) is 15.4. The lowest BCUT2D eigenvalue weighted by atomic mass is 9.80. The molecular formula is C16H20F2N2O. The highest BCUT2D eigenvalue weighted by Crippen LogP contribution is 2.54. The predicted molar refractivity (Wildman–Crippen MR) is 74.9 cm³/mol. The maximum Gasteiger partial charge on any atom is 0.259 e. The van der Waals surface area contributed by atoms with Crippen molar-refractivity contribution in [3.8, 4) is 0 Å². The van der Waals surface area contributed by atoms with Gasteiger partial charge in [0.25, 0.3) is 5.92 Å². The van der Waals surface area contributed by atoms with Crippen molar-refractivity contribution in [3.05, 3.63) is 29.6 Å². The van der Waals surface area contributed by atoms with Crippen LogP contribution < -0.4 is 0 Å². The molecule has 0 aliphatic carbocycles. The number of hydrogen-bond donors (Lipinski definition) is 0. The molecule has 3 rings (SSSR count). The first kappa shape index (κ1) is 14.4. The van der Waals surface area contributed by atoms with Crippen molar-refractivity contribution in [2.75, 3.05) is 0 Å². The summed E-state index contributed by atoms with van der Waals surface area (Å²) in [5, 5.41) is 0. The third-order valence-electron chi connectivity index (χ3n) is 5.10. The van der Waals surface area contributed by atoms with Gasteiger partial charge in [0.2, 0.25) is 5.91 Å². The molecule has 3 nitrogen and oxygen atoms in total. The minimum atomic E-state index is -3.00. The van der Waals surface area contributed by atoms with Crippen LogP contribution in [0.2, 0.25) is 0 Å². The van der Waals surface area contributed by atoms with Gasteiger partial charge in [0.15, 0.2) is 0 Å². The van der Waals surface area contributed by atoms with Crippen molar-refractivity contribution in [2.24, 2.45) is 5.41 Å². The first-order chi connectivity index (χ1) is 9.74. The quantitative estimate of drug-likeness (QED) is 0.836. The fraction of sp³-hybridized carbons (Fsp3) is 0.625. The van der Waals surface area contributed by atoms with Gasteiger partial charge in [-0.2, -0.15) is 0 Å². The van der Waals surface area contributed by atoms with Crippen molar-refractivity contribution < 1.29 is 13.6 Å². The molecule has 0 bridgehead atoms. The lowest BCUT2D eigenvalue weighted by molar-refractivity contribution is -0.156. The Labute approximate surface area is 123 Å². The van der Waals surface area contributed by atoms with Gasteiger partial charge in [-0.25, -0.2) is 8.78 Å². The Morgan fingerprint density at radius 3 is 2.71 bits per heavy atom. The van der Waals surface area contributed by atoms with Crippen molar-refractivity contribution in [1.82, 2.24) is 9.88 Å². The molecule has 114 valence electrons. The van der Waals surface area contributed by atoms with Gasteiger partial charge in [0.1, 0.15) is 5.41 Å². The van der Waals surface area contributed by atoms with Crippen LogP contribution in [0.15, 0.2) is 18.5 Å². The zero-order valence-corrected chi connectivity index (χ0v) is 12.6.